The fraction of sp³-hybridized carbons (Fsp3) is 1.00. The Morgan fingerprint density at radius 1 is 1.11 bits per heavy atom. The molecule has 0 aromatic rings. The zero-order valence-electron chi connectivity index (χ0n) is 11.0. The second kappa shape index (κ2) is 7.93. The second-order valence-electron chi connectivity index (χ2n) is 3.87. The number of alkyl halides is 3. The Balaban J connectivity index is 0. The van der Waals surface area contributed by atoms with Crippen LogP contribution in [0.25, 0.3) is 0 Å². The summed E-state index contributed by atoms with van der Waals surface area (Å²) in [6.45, 7) is 8.49. The van der Waals surface area contributed by atoms with E-state index in [0.29, 0.717) is 0 Å². The smallest absolute Gasteiger partial charge is 0.327 e. The van der Waals surface area contributed by atoms with E-state index in [2.05, 4.69) is 32.0 Å². The molecule has 1 N–H and O–H groups in total. The maximum absolute atomic E-state index is 11.1. The maximum atomic E-state index is 11.1. The second-order valence-corrected chi connectivity index (χ2v) is 4.96. The summed E-state index contributed by atoms with van der Waals surface area (Å²) in [5, 5.41) is 0. The first-order chi connectivity index (χ1) is 7.89. The van der Waals surface area contributed by atoms with Gasteiger partial charge < -0.3 is 4.48 Å². The van der Waals surface area contributed by atoms with Gasteiger partial charge in [0.2, 0.25) is 0 Å². The minimum absolute atomic E-state index is 1.21. The zero-order valence-corrected chi connectivity index (χ0v) is 11.8. The van der Waals surface area contributed by atoms with Gasteiger partial charge >= 0.3 is 16.6 Å². The van der Waals surface area contributed by atoms with Crippen molar-refractivity contribution in [1.82, 2.24) is 0 Å². The lowest BCUT2D eigenvalue weighted by atomic mass is 10.4. The number of hydrogen-bond donors (Lipinski definition) is 1. The van der Waals surface area contributed by atoms with Crippen LogP contribution >= 0.6 is 0 Å². The highest BCUT2D eigenvalue weighted by Crippen LogP contribution is 2.15. The first-order valence-corrected chi connectivity index (χ1v) is 6.77. The monoisotopic (exact) mass is 296 g/mol. The highest BCUT2D eigenvalue weighted by Gasteiger charge is 2.30. The fourth-order valence-corrected chi connectivity index (χ4v) is 1.09. The third-order valence-corrected chi connectivity index (χ3v) is 3.08. The maximum Gasteiger partial charge on any atom is 0.413 e. The number of quaternary nitrogens is 1. The predicted molar refractivity (Wildman–Crippen MR) is 61.4 cm³/mol. The third-order valence-electron chi connectivity index (χ3n) is 2.66. The van der Waals surface area contributed by atoms with Gasteiger partial charge in [-0.3, -0.25) is 4.55 Å². The molecule has 0 unspecified atom stereocenters. The minimum atomic E-state index is -4.98. The molecule has 0 atom stereocenters. The van der Waals surface area contributed by atoms with E-state index in [1.807, 2.05) is 0 Å². The zero-order chi connectivity index (χ0) is 15.0. The number of halogens is 3. The number of hydrogen-bond acceptors (Lipinski definition) is 3. The summed E-state index contributed by atoms with van der Waals surface area (Å²) in [7, 11) is -2.69. The van der Waals surface area contributed by atoms with Crippen LogP contribution in [0.15, 0.2) is 0 Å². The lowest BCUT2D eigenvalue weighted by Crippen LogP contribution is -2.42. The van der Waals surface area contributed by atoms with E-state index >= 15 is 0 Å². The van der Waals surface area contributed by atoms with E-state index in [4.69, 9.17) is 4.55 Å². The van der Waals surface area contributed by atoms with E-state index in [0.717, 1.165) is 0 Å². The van der Waals surface area contributed by atoms with Gasteiger partial charge in [0.05, 0.1) is 26.7 Å². The van der Waals surface area contributed by atoms with Gasteiger partial charge in [-0.05, 0) is 20.8 Å². The summed E-state index contributed by atoms with van der Waals surface area (Å²) in [4.78, 5) is 0. The molecule has 0 radical (unpaired) electrons. The van der Waals surface area contributed by atoms with Crippen molar-refractivity contribution in [3.05, 3.63) is 0 Å². The van der Waals surface area contributed by atoms with Crippen LogP contribution in [-0.4, -0.2) is 56.9 Å². The molecule has 0 saturated heterocycles. The lowest BCUT2D eigenvalue weighted by molar-refractivity contribution is -0.904. The Morgan fingerprint density at radius 3 is 1.50 bits per heavy atom. The SMILES string of the molecule is CC[N+](C)(CC)CC.O=S(=O)(O)OCC(F)(F)F. The molecule has 0 spiro atoms. The topological polar surface area (TPSA) is 63.6 Å². The van der Waals surface area contributed by atoms with Crippen LogP contribution < -0.4 is 0 Å². The average Bonchev–Trinajstić information content (AvgIpc) is 2.25. The van der Waals surface area contributed by atoms with Crippen molar-refractivity contribution in [3.63, 3.8) is 0 Å². The van der Waals surface area contributed by atoms with Crippen LogP contribution in [0.1, 0.15) is 20.8 Å². The predicted octanol–water partition coefficient (Wildman–Crippen LogP) is 1.86. The summed E-state index contributed by atoms with van der Waals surface area (Å²) >= 11 is 0. The van der Waals surface area contributed by atoms with Gasteiger partial charge in [-0.15, -0.1) is 0 Å². The van der Waals surface area contributed by atoms with Gasteiger partial charge in [-0.1, -0.05) is 0 Å². The molecule has 0 amide bonds. The van der Waals surface area contributed by atoms with E-state index in [1.165, 1.54) is 24.1 Å². The summed E-state index contributed by atoms with van der Waals surface area (Å²) < 4.78 is 64.1. The van der Waals surface area contributed by atoms with Crippen molar-refractivity contribution in [2.45, 2.75) is 26.9 Å². The van der Waals surface area contributed by atoms with E-state index in [9.17, 15) is 21.6 Å². The highest BCUT2D eigenvalue weighted by molar-refractivity contribution is 7.80. The summed E-state index contributed by atoms with van der Waals surface area (Å²) in [5.74, 6) is 0. The van der Waals surface area contributed by atoms with Crippen molar-refractivity contribution in [2.24, 2.45) is 0 Å². The molecule has 0 aromatic heterocycles. The Morgan fingerprint density at radius 2 is 1.44 bits per heavy atom. The van der Waals surface area contributed by atoms with E-state index in [1.54, 1.807) is 0 Å². The molecule has 0 fully saturated rings. The van der Waals surface area contributed by atoms with Crippen LogP contribution in [0.2, 0.25) is 0 Å². The third kappa shape index (κ3) is 13.7. The molecule has 0 aliphatic heterocycles. The van der Waals surface area contributed by atoms with Crippen LogP contribution in [0.4, 0.5) is 13.2 Å². The van der Waals surface area contributed by atoms with Gasteiger partial charge in [0, 0.05) is 0 Å². The molecule has 5 nitrogen and oxygen atoms in total. The fourth-order valence-electron chi connectivity index (χ4n) is 0.812. The standard InChI is InChI=1S/C7H18N.C2H3F3O4S/c1-5-8(4,6-2)7-3;3-2(4,5)1-9-10(6,7)8/h5-7H2,1-4H3;1H2,(H,6,7,8)/q+1;. The molecule has 9 heteroatoms. The molecule has 0 heterocycles. The first kappa shape index (κ1) is 19.9. The van der Waals surface area contributed by atoms with Crippen molar-refractivity contribution in [2.75, 3.05) is 33.3 Å². The van der Waals surface area contributed by atoms with Crippen molar-refractivity contribution >= 4 is 10.4 Å². The number of nitrogens with zero attached hydrogens (tertiary/aromatic N) is 1. The first-order valence-electron chi connectivity index (χ1n) is 5.41. The van der Waals surface area contributed by atoms with Gasteiger partial charge in [0.15, 0.2) is 6.61 Å². The molecule has 0 aliphatic rings. The number of rotatable bonds is 5. The molecule has 112 valence electrons. The highest BCUT2D eigenvalue weighted by atomic mass is 32.3. The summed E-state index contributed by atoms with van der Waals surface area (Å²) in [6, 6.07) is 0. The van der Waals surface area contributed by atoms with Crippen LogP contribution in [0.3, 0.4) is 0 Å². The molecular weight excluding hydrogens is 275 g/mol. The molecule has 0 rings (SSSR count). The van der Waals surface area contributed by atoms with Gasteiger partial charge in [0.25, 0.3) is 0 Å². The van der Waals surface area contributed by atoms with Gasteiger partial charge in [-0.25, -0.2) is 4.18 Å². The Bertz CT molecular complexity index is 304. The van der Waals surface area contributed by atoms with Gasteiger partial charge in [0.1, 0.15) is 0 Å². The quantitative estimate of drug-likeness (QED) is 0.621. The van der Waals surface area contributed by atoms with Crippen LogP contribution in [0.5, 0.6) is 0 Å². The van der Waals surface area contributed by atoms with Crippen LogP contribution in [0, 0.1) is 0 Å². The van der Waals surface area contributed by atoms with Gasteiger partial charge in [-0.2, -0.15) is 21.6 Å². The van der Waals surface area contributed by atoms with Crippen molar-refractivity contribution < 1.29 is 34.8 Å². The Labute approximate surface area is 106 Å². The average molecular weight is 296 g/mol. The normalized spacial score (nSPS) is 12.9. The molecule has 18 heavy (non-hydrogen) atoms. The molecule has 0 bridgehead atoms. The molecule has 0 aromatic carbocycles. The Hall–Kier alpha value is -0.380. The largest absolute Gasteiger partial charge is 0.413 e. The minimum Gasteiger partial charge on any atom is -0.327 e. The van der Waals surface area contributed by atoms with Crippen molar-refractivity contribution in [3.8, 4) is 0 Å². The Kier molecular flexibility index (Phi) is 8.78. The van der Waals surface area contributed by atoms with Crippen LogP contribution in [-0.2, 0) is 14.6 Å². The lowest BCUT2D eigenvalue weighted by Gasteiger charge is -2.30. The molecule has 0 aliphatic carbocycles. The summed E-state index contributed by atoms with van der Waals surface area (Å²) in [5.41, 5.74) is 0. The van der Waals surface area contributed by atoms with E-state index in [-0.39, 0.29) is 0 Å². The molecule has 0 saturated carbocycles. The summed E-state index contributed by atoms with van der Waals surface area (Å²) in [6.07, 6.45) is -4.75. The molecular formula is C9H21F3NO4S+. The van der Waals surface area contributed by atoms with Crippen molar-refractivity contribution in [1.29, 1.82) is 0 Å². The van der Waals surface area contributed by atoms with E-state index < -0.39 is 23.2 Å².